The first kappa shape index (κ1) is 23.1. The van der Waals surface area contributed by atoms with Gasteiger partial charge in [-0.3, -0.25) is 0 Å². The molecule has 4 rings (SSSR count). The minimum atomic E-state index is -0.351. The molecule has 172 valence electrons. The van der Waals surface area contributed by atoms with Crippen molar-refractivity contribution < 1.29 is 13.7 Å². The summed E-state index contributed by atoms with van der Waals surface area (Å²) in [6.45, 7) is 7.50. The van der Waals surface area contributed by atoms with Crippen LogP contribution in [0, 0.1) is 19.7 Å². The van der Waals surface area contributed by atoms with Gasteiger partial charge in [0.1, 0.15) is 5.82 Å². The SMILES string of the molecule is COCCCN1C(=S)NC(c2ccc(C)c(C)c2)C(c2nc(-c3cccc(F)c3)no2)=C1C. The number of nitrogens with zero attached hydrogens (tertiary/aromatic N) is 3. The number of allylic oxidation sites excluding steroid dienone is 1. The number of benzene rings is 2. The van der Waals surface area contributed by atoms with Gasteiger partial charge in [-0.05, 0) is 68.2 Å². The molecule has 0 radical (unpaired) electrons. The van der Waals surface area contributed by atoms with Gasteiger partial charge in [-0.25, -0.2) is 4.39 Å². The molecule has 33 heavy (non-hydrogen) atoms. The van der Waals surface area contributed by atoms with E-state index in [0.29, 0.717) is 35.5 Å². The van der Waals surface area contributed by atoms with Gasteiger partial charge in [0.15, 0.2) is 5.11 Å². The van der Waals surface area contributed by atoms with Crippen molar-refractivity contribution in [3.63, 3.8) is 0 Å². The molecule has 1 unspecified atom stereocenters. The van der Waals surface area contributed by atoms with Crippen LogP contribution in [0.4, 0.5) is 4.39 Å². The van der Waals surface area contributed by atoms with E-state index in [1.165, 1.54) is 23.3 Å². The molecule has 2 heterocycles. The highest BCUT2D eigenvalue weighted by molar-refractivity contribution is 7.80. The number of rotatable bonds is 7. The van der Waals surface area contributed by atoms with Crippen LogP contribution in [0.1, 0.15) is 42.0 Å². The molecule has 1 aliphatic heterocycles. The summed E-state index contributed by atoms with van der Waals surface area (Å²) in [7, 11) is 1.68. The highest BCUT2D eigenvalue weighted by atomic mass is 32.1. The molecule has 1 N–H and O–H groups in total. The van der Waals surface area contributed by atoms with Crippen molar-refractivity contribution in [2.24, 2.45) is 0 Å². The van der Waals surface area contributed by atoms with E-state index < -0.39 is 0 Å². The van der Waals surface area contributed by atoms with E-state index in [9.17, 15) is 4.39 Å². The van der Waals surface area contributed by atoms with Crippen LogP contribution < -0.4 is 5.32 Å². The van der Waals surface area contributed by atoms with E-state index in [2.05, 4.69) is 47.5 Å². The van der Waals surface area contributed by atoms with Gasteiger partial charge in [0, 0.05) is 31.5 Å². The van der Waals surface area contributed by atoms with E-state index in [0.717, 1.165) is 23.3 Å². The molecular formula is C25H27FN4O2S. The summed E-state index contributed by atoms with van der Waals surface area (Å²) in [5.74, 6) is 0.362. The Morgan fingerprint density at radius 2 is 1.97 bits per heavy atom. The van der Waals surface area contributed by atoms with Crippen molar-refractivity contribution in [1.29, 1.82) is 0 Å². The summed E-state index contributed by atoms with van der Waals surface area (Å²) in [5, 5.41) is 8.23. The van der Waals surface area contributed by atoms with Gasteiger partial charge in [0.05, 0.1) is 11.6 Å². The maximum Gasteiger partial charge on any atom is 0.258 e. The lowest BCUT2D eigenvalue weighted by atomic mass is 9.92. The summed E-state index contributed by atoms with van der Waals surface area (Å²) >= 11 is 5.72. The second kappa shape index (κ2) is 9.80. The number of hydrogen-bond donors (Lipinski definition) is 1. The first-order valence-corrected chi connectivity index (χ1v) is 11.2. The zero-order valence-corrected chi connectivity index (χ0v) is 20.0. The average Bonchev–Trinajstić information content (AvgIpc) is 3.27. The third kappa shape index (κ3) is 4.82. The number of thiocarbonyl (C=S) groups is 1. The lowest BCUT2D eigenvalue weighted by Gasteiger charge is -2.37. The number of halogens is 1. The summed E-state index contributed by atoms with van der Waals surface area (Å²) in [6, 6.07) is 12.2. The Hall–Kier alpha value is -3.10. The van der Waals surface area contributed by atoms with Crippen molar-refractivity contribution in [2.45, 2.75) is 33.2 Å². The normalized spacial score (nSPS) is 16.3. The highest BCUT2D eigenvalue weighted by Gasteiger charge is 2.34. The van der Waals surface area contributed by atoms with E-state index in [1.54, 1.807) is 19.2 Å². The van der Waals surface area contributed by atoms with Crippen LogP contribution >= 0.6 is 12.2 Å². The molecule has 0 fully saturated rings. The summed E-state index contributed by atoms with van der Waals surface area (Å²) < 4.78 is 24.7. The molecule has 2 aromatic carbocycles. The van der Waals surface area contributed by atoms with Gasteiger partial charge >= 0.3 is 0 Å². The second-order valence-corrected chi connectivity index (χ2v) is 8.54. The van der Waals surface area contributed by atoms with E-state index in [1.807, 2.05) is 11.8 Å². The van der Waals surface area contributed by atoms with Crippen molar-refractivity contribution >= 4 is 22.9 Å². The topological polar surface area (TPSA) is 63.4 Å². The summed E-state index contributed by atoms with van der Waals surface area (Å²) in [4.78, 5) is 6.67. The Morgan fingerprint density at radius 3 is 2.70 bits per heavy atom. The Labute approximate surface area is 198 Å². The van der Waals surface area contributed by atoms with Crippen LogP contribution in [0.2, 0.25) is 0 Å². The van der Waals surface area contributed by atoms with Crippen molar-refractivity contribution in [3.05, 3.63) is 76.6 Å². The Bertz CT molecular complexity index is 1210. The third-order valence-electron chi connectivity index (χ3n) is 5.93. The molecule has 0 saturated heterocycles. The fourth-order valence-electron chi connectivity index (χ4n) is 3.97. The molecule has 3 aromatic rings. The molecule has 0 bridgehead atoms. The van der Waals surface area contributed by atoms with Crippen LogP contribution in [-0.2, 0) is 4.74 Å². The van der Waals surface area contributed by atoms with Gasteiger partial charge in [-0.2, -0.15) is 4.98 Å². The van der Waals surface area contributed by atoms with Crippen LogP contribution in [0.15, 0.2) is 52.7 Å². The molecule has 0 amide bonds. The predicted octanol–water partition coefficient (Wildman–Crippen LogP) is 5.19. The molecule has 0 aliphatic carbocycles. The number of aromatic nitrogens is 2. The largest absolute Gasteiger partial charge is 0.385 e. The molecule has 0 saturated carbocycles. The predicted molar refractivity (Wildman–Crippen MR) is 130 cm³/mol. The van der Waals surface area contributed by atoms with Crippen LogP contribution in [0.3, 0.4) is 0 Å². The van der Waals surface area contributed by atoms with Crippen molar-refractivity contribution in [1.82, 2.24) is 20.4 Å². The van der Waals surface area contributed by atoms with E-state index >= 15 is 0 Å². The Morgan fingerprint density at radius 1 is 1.15 bits per heavy atom. The fraction of sp³-hybridized carbons (Fsp3) is 0.320. The van der Waals surface area contributed by atoms with E-state index in [4.69, 9.17) is 21.5 Å². The Kier molecular flexibility index (Phi) is 6.85. The molecule has 6 nitrogen and oxygen atoms in total. The van der Waals surface area contributed by atoms with Crippen LogP contribution in [-0.4, -0.2) is 40.4 Å². The molecule has 1 aliphatic rings. The lowest BCUT2D eigenvalue weighted by Crippen LogP contribution is -2.46. The smallest absolute Gasteiger partial charge is 0.258 e. The average molecular weight is 467 g/mol. The quantitative estimate of drug-likeness (QED) is 0.380. The maximum atomic E-state index is 13.7. The Balaban J connectivity index is 1.79. The second-order valence-electron chi connectivity index (χ2n) is 8.16. The monoisotopic (exact) mass is 466 g/mol. The molecule has 8 heteroatoms. The van der Waals surface area contributed by atoms with Gasteiger partial charge < -0.3 is 19.5 Å². The first-order valence-electron chi connectivity index (χ1n) is 10.8. The molecule has 0 spiro atoms. The zero-order chi connectivity index (χ0) is 23.5. The number of nitrogens with one attached hydrogen (secondary N) is 1. The molecule has 1 atom stereocenters. The van der Waals surface area contributed by atoms with Crippen molar-refractivity contribution in [3.8, 4) is 11.4 Å². The van der Waals surface area contributed by atoms with Crippen molar-refractivity contribution in [2.75, 3.05) is 20.3 Å². The number of aryl methyl sites for hydroxylation is 2. The first-order chi connectivity index (χ1) is 15.9. The standard InChI is InChI=1S/C25H27FN4O2S/c1-15-9-10-18(13-16(15)2)22-21(17(3)30(25(33)27-22)11-6-12-31-4)24-28-23(29-32-24)19-7-5-8-20(26)14-19/h5,7-10,13-14,22H,6,11-12H2,1-4H3,(H,27,33). The van der Waals surface area contributed by atoms with Gasteiger partial charge in [-0.15, -0.1) is 0 Å². The van der Waals surface area contributed by atoms with Crippen LogP contribution in [0.25, 0.3) is 17.0 Å². The maximum absolute atomic E-state index is 13.7. The van der Waals surface area contributed by atoms with Crippen LogP contribution in [0.5, 0.6) is 0 Å². The van der Waals surface area contributed by atoms with Gasteiger partial charge in [-0.1, -0.05) is 35.5 Å². The molecule has 1 aromatic heterocycles. The van der Waals surface area contributed by atoms with E-state index in [-0.39, 0.29) is 11.9 Å². The summed E-state index contributed by atoms with van der Waals surface area (Å²) in [6.07, 6.45) is 0.815. The van der Waals surface area contributed by atoms with Gasteiger partial charge in [0.25, 0.3) is 5.89 Å². The number of methoxy groups -OCH3 is 1. The fourth-order valence-corrected chi connectivity index (χ4v) is 4.31. The van der Waals surface area contributed by atoms with Gasteiger partial charge in [0.2, 0.25) is 5.82 Å². The lowest BCUT2D eigenvalue weighted by molar-refractivity contribution is 0.188. The number of ether oxygens (including phenoxy) is 1. The molecular weight excluding hydrogens is 439 g/mol. The third-order valence-corrected chi connectivity index (χ3v) is 6.27. The minimum absolute atomic E-state index is 0.253. The zero-order valence-electron chi connectivity index (χ0n) is 19.2. The minimum Gasteiger partial charge on any atom is -0.385 e. The summed E-state index contributed by atoms with van der Waals surface area (Å²) in [5.41, 5.74) is 5.79. The highest BCUT2D eigenvalue weighted by Crippen LogP contribution is 2.38. The number of hydrogen-bond acceptors (Lipinski definition) is 5.